The van der Waals surface area contributed by atoms with Crippen molar-refractivity contribution in [2.45, 2.75) is 50.3 Å². The van der Waals surface area contributed by atoms with Crippen molar-refractivity contribution >= 4 is 37.5 Å². The number of hydrogen-bond acceptors (Lipinski definition) is 7. The third kappa shape index (κ3) is 8.42. The number of rotatable bonds is 10. The Labute approximate surface area is 179 Å². The molecule has 0 aliphatic carbocycles. The zero-order chi connectivity index (χ0) is 21.9. The summed E-state index contributed by atoms with van der Waals surface area (Å²) in [4.78, 5) is 46.8. The number of carbonyl (C=O) groups excluding carboxylic acids is 4. The van der Waals surface area contributed by atoms with Crippen molar-refractivity contribution in [3.63, 3.8) is 0 Å². The standard InChI is InChI=1S/C19H26AsN3O7/c1-13(24)23-20(18(27)22-15-11-16(25)30-17(15)26)9-5-6-10-21-19(28)29-12-14-7-3-2-4-8-14/h2-4,7-8,15,17,26H,5-6,9-12H2,1H3,(H,21,28)(H,22,27)(H,23,24). The maximum atomic E-state index is 12.5. The Morgan fingerprint density at radius 3 is 2.60 bits per heavy atom. The third-order valence-electron chi connectivity index (χ3n) is 4.12. The number of aliphatic hydroxyl groups excluding tert-OH is 1. The van der Waals surface area contributed by atoms with E-state index in [4.69, 9.17) is 4.74 Å². The Kier molecular flexibility index (Phi) is 9.63. The number of hydrogen-bond donors (Lipinski definition) is 4. The van der Waals surface area contributed by atoms with E-state index in [0.29, 0.717) is 24.6 Å². The second kappa shape index (κ2) is 12.2. The van der Waals surface area contributed by atoms with Crippen molar-refractivity contribution in [3.05, 3.63) is 35.9 Å². The normalized spacial score (nSPS) is 18.8. The van der Waals surface area contributed by atoms with Gasteiger partial charge in [-0.05, 0) is 0 Å². The van der Waals surface area contributed by atoms with Gasteiger partial charge in [-0.3, -0.25) is 0 Å². The van der Waals surface area contributed by atoms with E-state index < -0.39 is 39.3 Å². The molecule has 1 aromatic rings. The molecule has 10 nitrogen and oxygen atoms in total. The number of esters is 1. The monoisotopic (exact) mass is 483 g/mol. The fourth-order valence-electron chi connectivity index (χ4n) is 2.66. The van der Waals surface area contributed by atoms with Gasteiger partial charge in [0.15, 0.2) is 0 Å². The first kappa shape index (κ1) is 23.7. The van der Waals surface area contributed by atoms with Crippen LogP contribution in [0.2, 0.25) is 5.21 Å². The van der Waals surface area contributed by atoms with Gasteiger partial charge in [0.05, 0.1) is 0 Å². The minimum absolute atomic E-state index is 0.107. The number of carbonyl (C=O) groups is 4. The molecule has 1 aliphatic rings. The molecule has 0 saturated carbocycles. The Bertz CT molecular complexity index is 747. The zero-order valence-electron chi connectivity index (χ0n) is 16.6. The number of cyclic esters (lactones) is 1. The van der Waals surface area contributed by atoms with Crippen LogP contribution in [-0.2, 0) is 25.7 Å². The van der Waals surface area contributed by atoms with Crippen LogP contribution in [0.25, 0.3) is 0 Å². The molecule has 30 heavy (non-hydrogen) atoms. The fourth-order valence-corrected chi connectivity index (χ4v) is 6.14. The number of amides is 3. The van der Waals surface area contributed by atoms with Crippen LogP contribution in [0.4, 0.5) is 9.59 Å². The van der Waals surface area contributed by atoms with E-state index in [1.54, 1.807) is 0 Å². The Hall–Kier alpha value is -2.58. The van der Waals surface area contributed by atoms with Gasteiger partial charge in [-0.1, -0.05) is 0 Å². The van der Waals surface area contributed by atoms with Crippen LogP contribution < -0.4 is 14.9 Å². The molecule has 0 aromatic heterocycles. The van der Waals surface area contributed by atoms with Crippen LogP contribution >= 0.6 is 0 Å². The molecule has 0 radical (unpaired) electrons. The van der Waals surface area contributed by atoms with Crippen molar-refractivity contribution in [1.29, 1.82) is 0 Å². The topological polar surface area (TPSA) is 143 Å². The predicted molar refractivity (Wildman–Crippen MR) is 107 cm³/mol. The molecular weight excluding hydrogens is 457 g/mol. The summed E-state index contributed by atoms with van der Waals surface area (Å²) in [5, 5.41) is 15.3. The predicted octanol–water partition coefficient (Wildman–Crippen LogP) is 0.746. The quantitative estimate of drug-likeness (QED) is 0.218. The van der Waals surface area contributed by atoms with Crippen LogP contribution in [0.5, 0.6) is 0 Å². The Morgan fingerprint density at radius 2 is 1.97 bits per heavy atom. The first-order valence-electron chi connectivity index (χ1n) is 9.52. The molecular formula is C19H26AsN3O7. The van der Waals surface area contributed by atoms with E-state index in [0.717, 1.165) is 5.56 Å². The van der Waals surface area contributed by atoms with Gasteiger partial charge < -0.3 is 0 Å². The molecule has 1 aliphatic heterocycles. The van der Waals surface area contributed by atoms with Crippen molar-refractivity contribution in [2.75, 3.05) is 6.54 Å². The van der Waals surface area contributed by atoms with E-state index in [-0.39, 0.29) is 23.6 Å². The number of benzene rings is 1. The molecule has 1 fully saturated rings. The molecule has 4 N–H and O–H groups in total. The van der Waals surface area contributed by atoms with Crippen molar-refractivity contribution in [1.82, 2.24) is 14.9 Å². The van der Waals surface area contributed by atoms with Gasteiger partial charge in [0.1, 0.15) is 0 Å². The summed E-state index contributed by atoms with van der Waals surface area (Å²) in [6, 6.07) is 8.51. The zero-order valence-corrected chi connectivity index (χ0v) is 18.5. The Morgan fingerprint density at radius 1 is 1.23 bits per heavy atom. The van der Waals surface area contributed by atoms with Crippen LogP contribution in [-0.4, -0.2) is 61.5 Å². The molecule has 11 heteroatoms. The summed E-state index contributed by atoms with van der Waals surface area (Å²) >= 11 is -2.46. The van der Waals surface area contributed by atoms with Crippen LogP contribution in [0.3, 0.4) is 0 Å². The summed E-state index contributed by atoms with van der Waals surface area (Å²) in [6.45, 7) is 1.89. The van der Waals surface area contributed by atoms with E-state index in [2.05, 4.69) is 19.6 Å². The van der Waals surface area contributed by atoms with Crippen molar-refractivity contribution in [2.24, 2.45) is 0 Å². The molecule has 0 bridgehead atoms. The average Bonchev–Trinajstić information content (AvgIpc) is 3.02. The van der Waals surface area contributed by atoms with E-state index in [1.165, 1.54) is 6.92 Å². The van der Waals surface area contributed by atoms with Gasteiger partial charge in [0.25, 0.3) is 0 Å². The summed E-state index contributed by atoms with van der Waals surface area (Å²) < 4.78 is 12.0. The minimum atomic E-state index is -2.46. The second-order valence-corrected chi connectivity index (χ2v) is 10.7. The molecule has 1 saturated heterocycles. The van der Waals surface area contributed by atoms with Gasteiger partial charge in [-0.25, -0.2) is 0 Å². The third-order valence-corrected chi connectivity index (χ3v) is 8.25. The van der Waals surface area contributed by atoms with E-state index in [9.17, 15) is 24.3 Å². The first-order chi connectivity index (χ1) is 14.3. The average molecular weight is 483 g/mol. The van der Waals surface area contributed by atoms with Crippen molar-refractivity contribution < 1.29 is 33.8 Å². The number of nitrogens with one attached hydrogen (secondary N) is 3. The van der Waals surface area contributed by atoms with Crippen molar-refractivity contribution in [3.8, 4) is 0 Å². The number of ether oxygens (including phenoxy) is 2. The molecule has 3 amide bonds. The summed E-state index contributed by atoms with van der Waals surface area (Å²) in [6.07, 6.45) is -0.792. The summed E-state index contributed by atoms with van der Waals surface area (Å²) in [5.41, 5.74) is 0.891. The van der Waals surface area contributed by atoms with Crippen LogP contribution in [0.1, 0.15) is 31.7 Å². The molecule has 164 valence electrons. The maximum absolute atomic E-state index is 12.5. The van der Waals surface area contributed by atoms with E-state index in [1.807, 2.05) is 30.3 Å². The summed E-state index contributed by atoms with van der Waals surface area (Å²) in [7, 11) is 0. The molecule has 2 rings (SSSR count). The molecule has 0 spiro atoms. The summed E-state index contributed by atoms with van der Waals surface area (Å²) in [5.74, 6) is -0.899. The molecule has 1 aromatic carbocycles. The molecule has 3 atom stereocenters. The van der Waals surface area contributed by atoms with Gasteiger partial charge in [0, 0.05) is 0 Å². The van der Waals surface area contributed by atoms with E-state index >= 15 is 0 Å². The number of alkyl carbamates (subject to hydrolysis) is 1. The second-order valence-electron chi connectivity index (χ2n) is 6.66. The fraction of sp³-hybridized carbons (Fsp3) is 0.474. The van der Waals surface area contributed by atoms with Gasteiger partial charge in [-0.2, -0.15) is 0 Å². The SMILES string of the molecule is CC(=O)N[As](CCCCNC(=O)OCc1ccccc1)C(=O)NC1CC(=O)OC1O. The molecule has 1 heterocycles. The first-order valence-corrected chi connectivity index (χ1v) is 12.7. The number of aliphatic hydroxyl groups is 1. The van der Waals surface area contributed by atoms with Gasteiger partial charge in [-0.15, -0.1) is 0 Å². The number of unbranched alkanes of at least 4 members (excludes halogenated alkanes) is 1. The van der Waals surface area contributed by atoms with Gasteiger partial charge in [0.2, 0.25) is 0 Å². The van der Waals surface area contributed by atoms with Crippen LogP contribution in [0, 0.1) is 0 Å². The van der Waals surface area contributed by atoms with Crippen LogP contribution in [0.15, 0.2) is 30.3 Å². The van der Waals surface area contributed by atoms with Gasteiger partial charge >= 0.3 is 179 Å². The Balaban J connectivity index is 1.67. The molecule has 3 unspecified atom stereocenters.